The van der Waals surface area contributed by atoms with Crippen LogP contribution in [0.5, 0.6) is 0 Å². The van der Waals surface area contributed by atoms with E-state index in [4.69, 9.17) is 0 Å². The molecule has 1 aromatic carbocycles. The van der Waals surface area contributed by atoms with Crippen molar-refractivity contribution in [2.24, 2.45) is 0 Å². The summed E-state index contributed by atoms with van der Waals surface area (Å²) < 4.78 is 0. The van der Waals surface area contributed by atoms with Gasteiger partial charge in [0.15, 0.2) is 0 Å². The summed E-state index contributed by atoms with van der Waals surface area (Å²) in [7, 11) is 0. The predicted octanol–water partition coefficient (Wildman–Crippen LogP) is 3.03. The van der Waals surface area contributed by atoms with Gasteiger partial charge in [0.2, 0.25) is 0 Å². The Bertz CT molecular complexity index is 624. The van der Waals surface area contributed by atoms with Gasteiger partial charge in [-0.3, -0.25) is 0 Å². The molecule has 23 heavy (non-hydrogen) atoms. The molecule has 2 amide bonds. The van der Waals surface area contributed by atoms with Crippen LogP contribution in [0.3, 0.4) is 0 Å². The first-order valence-corrected chi connectivity index (χ1v) is 9.39. The van der Waals surface area contributed by atoms with Crippen molar-refractivity contribution in [3.8, 4) is 0 Å². The number of carbonyl (C=O) groups excluding carboxylic acids is 1. The number of hydrogen-bond acceptors (Lipinski definition) is 3. The Morgan fingerprint density at radius 1 is 1.48 bits per heavy atom. The number of amides is 2. The van der Waals surface area contributed by atoms with Gasteiger partial charge in [-0.15, -0.1) is 0 Å². The predicted molar refractivity (Wildman–Crippen MR) is 95.9 cm³/mol. The maximum absolute atomic E-state index is 12.2. The molecule has 1 fully saturated rings. The lowest BCUT2D eigenvalue weighted by atomic mass is 10.3. The van der Waals surface area contributed by atoms with Gasteiger partial charge in [0.1, 0.15) is 5.82 Å². The Labute approximate surface area is 141 Å². The van der Waals surface area contributed by atoms with E-state index in [9.17, 15) is 4.79 Å². The highest BCUT2D eigenvalue weighted by atomic mass is 32.2. The van der Waals surface area contributed by atoms with Gasteiger partial charge >= 0.3 is 6.03 Å². The first-order valence-electron chi connectivity index (χ1n) is 8.34. The first kappa shape index (κ1) is 16.2. The smallest absolute Gasteiger partial charge is 0.317 e. The lowest BCUT2D eigenvalue weighted by Gasteiger charge is -2.31. The third-order valence-electron chi connectivity index (χ3n) is 4.19. The summed E-state index contributed by atoms with van der Waals surface area (Å²) in [6.45, 7) is 4.61. The zero-order chi connectivity index (χ0) is 16.1. The molecule has 124 valence electrons. The van der Waals surface area contributed by atoms with Crippen LogP contribution in [0.15, 0.2) is 24.3 Å². The minimum atomic E-state index is 0.0772. The number of nitrogens with zero attached hydrogens (tertiary/aromatic N) is 2. The number of aromatic nitrogens is 2. The lowest BCUT2D eigenvalue weighted by Crippen LogP contribution is -2.47. The van der Waals surface area contributed by atoms with E-state index < -0.39 is 0 Å². The number of thioether (sulfide) groups is 1. The number of aryl methyl sites for hydroxylation is 1. The molecule has 2 N–H and O–H groups in total. The molecule has 1 atom stereocenters. The number of para-hydroxylation sites is 2. The molecule has 1 aromatic heterocycles. The van der Waals surface area contributed by atoms with Gasteiger partial charge in [-0.1, -0.05) is 19.1 Å². The average molecular weight is 332 g/mol. The summed E-state index contributed by atoms with van der Waals surface area (Å²) in [5, 5.41) is 3.63. The second-order valence-electron chi connectivity index (χ2n) is 5.88. The number of benzene rings is 1. The highest BCUT2D eigenvalue weighted by Gasteiger charge is 2.22. The number of rotatable bonds is 5. The van der Waals surface area contributed by atoms with Gasteiger partial charge in [0.25, 0.3) is 0 Å². The monoisotopic (exact) mass is 332 g/mol. The van der Waals surface area contributed by atoms with E-state index in [2.05, 4.69) is 22.2 Å². The van der Waals surface area contributed by atoms with E-state index in [0.717, 1.165) is 55.0 Å². The normalized spacial score (nSPS) is 18.3. The molecule has 1 aliphatic rings. The van der Waals surface area contributed by atoms with Crippen LogP contribution < -0.4 is 5.32 Å². The molecule has 0 radical (unpaired) electrons. The maximum Gasteiger partial charge on any atom is 0.317 e. The zero-order valence-electron chi connectivity index (χ0n) is 13.5. The lowest BCUT2D eigenvalue weighted by molar-refractivity contribution is 0.199. The molecule has 2 heterocycles. The second kappa shape index (κ2) is 7.73. The van der Waals surface area contributed by atoms with Gasteiger partial charge < -0.3 is 15.2 Å². The summed E-state index contributed by atoms with van der Waals surface area (Å²) in [6.07, 6.45) is 2.87. The van der Waals surface area contributed by atoms with E-state index in [-0.39, 0.29) is 6.03 Å². The Kier molecular flexibility index (Phi) is 5.43. The second-order valence-corrected chi connectivity index (χ2v) is 7.29. The van der Waals surface area contributed by atoms with Crippen LogP contribution in [0.4, 0.5) is 4.79 Å². The molecule has 1 aliphatic heterocycles. The number of imidazole rings is 1. The Hall–Kier alpha value is -1.69. The summed E-state index contributed by atoms with van der Waals surface area (Å²) in [5.41, 5.74) is 2.07. The van der Waals surface area contributed by atoms with E-state index >= 15 is 0 Å². The molecule has 0 saturated carbocycles. The molecule has 6 heteroatoms. The highest BCUT2D eigenvalue weighted by Crippen LogP contribution is 2.20. The first-order chi connectivity index (χ1) is 11.3. The molecule has 1 saturated heterocycles. The van der Waals surface area contributed by atoms with Crippen LogP contribution in [0.25, 0.3) is 11.0 Å². The molecule has 2 aromatic rings. The Morgan fingerprint density at radius 3 is 3.17 bits per heavy atom. The van der Waals surface area contributed by atoms with Crippen LogP contribution in [0, 0.1) is 0 Å². The molecule has 3 rings (SSSR count). The largest absolute Gasteiger partial charge is 0.342 e. The molecule has 0 aliphatic carbocycles. The van der Waals surface area contributed by atoms with Crippen LogP contribution in [0.1, 0.15) is 25.6 Å². The fourth-order valence-electron chi connectivity index (χ4n) is 2.84. The van der Waals surface area contributed by atoms with E-state index in [1.54, 1.807) is 0 Å². The number of H-pyrrole nitrogens is 1. The third kappa shape index (κ3) is 4.19. The fourth-order valence-corrected chi connectivity index (χ4v) is 4.02. The minimum Gasteiger partial charge on any atom is -0.342 e. The van der Waals surface area contributed by atoms with Crippen LogP contribution >= 0.6 is 11.8 Å². The molecule has 0 spiro atoms. The number of urea groups is 1. The van der Waals surface area contributed by atoms with Gasteiger partial charge in [0, 0.05) is 37.1 Å². The molecule has 0 unspecified atom stereocenters. The van der Waals surface area contributed by atoms with Crippen LogP contribution in [0.2, 0.25) is 0 Å². The Morgan fingerprint density at radius 2 is 2.35 bits per heavy atom. The summed E-state index contributed by atoms with van der Waals surface area (Å²) in [4.78, 5) is 22.0. The van der Waals surface area contributed by atoms with Gasteiger partial charge in [-0.05, 0) is 25.0 Å². The maximum atomic E-state index is 12.2. The fraction of sp³-hybridized carbons (Fsp3) is 0.529. The zero-order valence-corrected chi connectivity index (χ0v) is 14.4. The van der Waals surface area contributed by atoms with Crippen molar-refractivity contribution in [1.29, 1.82) is 0 Å². The molecular formula is C17H24N4OS. The number of nitrogens with one attached hydrogen (secondary N) is 2. The summed E-state index contributed by atoms with van der Waals surface area (Å²) in [6, 6.07) is 8.12. The van der Waals surface area contributed by atoms with Crippen LogP contribution in [-0.4, -0.2) is 51.5 Å². The molecular weight excluding hydrogens is 308 g/mol. The van der Waals surface area contributed by atoms with E-state index in [1.165, 1.54) is 0 Å². The van der Waals surface area contributed by atoms with Crippen molar-refractivity contribution in [3.63, 3.8) is 0 Å². The summed E-state index contributed by atoms with van der Waals surface area (Å²) >= 11 is 1.98. The number of hydrogen-bond donors (Lipinski definition) is 2. The SMILES string of the molecule is CC[C@@H]1CN(C(=O)NCCCc2nc3ccccc3[nH]2)CCS1. The van der Waals surface area contributed by atoms with E-state index in [0.29, 0.717) is 11.8 Å². The number of carbonyl (C=O) groups is 1. The number of aromatic amines is 1. The summed E-state index contributed by atoms with van der Waals surface area (Å²) in [5.74, 6) is 2.03. The van der Waals surface area contributed by atoms with Gasteiger partial charge in [0.05, 0.1) is 11.0 Å². The quantitative estimate of drug-likeness (QED) is 0.827. The van der Waals surface area contributed by atoms with Gasteiger partial charge in [-0.2, -0.15) is 11.8 Å². The van der Waals surface area contributed by atoms with Crippen molar-refractivity contribution < 1.29 is 4.79 Å². The third-order valence-corrected chi connectivity index (χ3v) is 5.56. The van der Waals surface area contributed by atoms with Crippen molar-refractivity contribution in [3.05, 3.63) is 30.1 Å². The average Bonchev–Trinajstić information content (AvgIpc) is 3.01. The van der Waals surface area contributed by atoms with Crippen LogP contribution in [-0.2, 0) is 6.42 Å². The topological polar surface area (TPSA) is 61.0 Å². The Balaban J connectivity index is 1.41. The van der Waals surface area contributed by atoms with Crippen molar-refractivity contribution in [1.82, 2.24) is 20.2 Å². The van der Waals surface area contributed by atoms with Crippen molar-refractivity contribution in [2.75, 3.05) is 25.4 Å². The van der Waals surface area contributed by atoms with Gasteiger partial charge in [-0.25, -0.2) is 9.78 Å². The van der Waals surface area contributed by atoms with E-state index in [1.807, 2.05) is 40.9 Å². The minimum absolute atomic E-state index is 0.0772. The molecule has 5 nitrogen and oxygen atoms in total. The standard InChI is InChI=1S/C17H24N4OS/c1-2-13-12-21(10-11-23-13)17(22)18-9-5-8-16-19-14-6-3-4-7-15(14)20-16/h3-4,6-7,13H,2,5,8-12H2,1H3,(H,18,22)(H,19,20)/t13-/m1/s1. The highest BCUT2D eigenvalue weighted by molar-refractivity contribution is 8.00. The van der Waals surface area contributed by atoms with Crippen molar-refractivity contribution >= 4 is 28.8 Å². The number of fused-ring (bicyclic) bond motifs is 1. The van der Waals surface area contributed by atoms with Crippen molar-refractivity contribution in [2.45, 2.75) is 31.4 Å². The molecule has 0 bridgehead atoms.